The summed E-state index contributed by atoms with van der Waals surface area (Å²) < 4.78 is 31.2. The van der Waals surface area contributed by atoms with Crippen molar-refractivity contribution in [3.05, 3.63) is 30.3 Å². The van der Waals surface area contributed by atoms with E-state index in [1.807, 2.05) is 0 Å². The highest BCUT2D eigenvalue weighted by atomic mass is 32.2. The number of phenolic OH excluding ortho intramolecular Hbond substituents is 1. The number of fused-ring (bicyclic) bond motifs is 1. The highest BCUT2D eigenvalue weighted by Gasteiger charge is 2.15. The number of hydrogen-bond acceptors (Lipinski definition) is 4. The number of hydrogen-bond donors (Lipinski definition) is 3. The van der Waals surface area contributed by atoms with Gasteiger partial charge in [-0.1, -0.05) is 6.07 Å². The summed E-state index contributed by atoms with van der Waals surface area (Å²) in [7, 11) is -4.31. The predicted octanol–water partition coefficient (Wildman–Crippen LogP) is 1.37. The summed E-state index contributed by atoms with van der Waals surface area (Å²) in [4.78, 5) is -0.250. The van der Waals surface area contributed by atoms with E-state index < -0.39 is 10.1 Å². The van der Waals surface area contributed by atoms with Gasteiger partial charge in [-0.2, -0.15) is 8.42 Å². The lowest BCUT2D eigenvalue weighted by Crippen LogP contribution is -1.99. The van der Waals surface area contributed by atoms with Crippen molar-refractivity contribution in [3.8, 4) is 5.75 Å². The van der Waals surface area contributed by atoms with Crippen LogP contribution in [0.4, 0.5) is 5.69 Å². The maximum Gasteiger partial charge on any atom is 0.295 e. The molecule has 2 aromatic rings. The molecule has 0 heterocycles. The lowest BCUT2D eigenvalue weighted by atomic mass is 10.1. The van der Waals surface area contributed by atoms with Crippen molar-refractivity contribution in [2.24, 2.45) is 0 Å². The van der Waals surface area contributed by atoms with Crippen molar-refractivity contribution >= 4 is 26.6 Å². The summed E-state index contributed by atoms with van der Waals surface area (Å²) in [5, 5.41) is 10.1. The number of nitrogens with two attached hydrogens (primary N) is 1. The molecule has 0 atom stereocenters. The van der Waals surface area contributed by atoms with E-state index in [9.17, 15) is 13.5 Å². The molecule has 0 bridgehead atoms. The molecule has 16 heavy (non-hydrogen) atoms. The van der Waals surface area contributed by atoms with Crippen molar-refractivity contribution < 1.29 is 18.1 Å². The third-order valence-corrected chi connectivity index (χ3v) is 3.17. The van der Waals surface area contributed by atoms with Crippen LogP contribution in [0.5, 0.6) is 5.75 Å². The average molecular weight is 239 g/mol. The zero-order valence-corrected chi connectivity index (χ0v) is 8.90. The first-order valence-corrected chi connectivity index (χ1v) is 5.82. The summed E-state index contributed by atoms with van der Waals surface area (Å²) in [6.07, 6.45) is 0. The van der Waals surface area contributed by atoms with Crippen LogP contribution in [0.25, 0.3) is 10.8 Å². The second-order valence-electron chi connectivity index (χ2n) is 3.36. The van der Waals surface area contributed by atoms with Crippen LogP contribution in [-0.2, 0) is 10.1 Å². The topological polar surface area (TPSA) is 101 Å². The Bertz CT molecular complexity index is 664. The van der Waals surface area contributed by atoms with Crippen molar-refractivity contribution in [2.75, 3.05) is 5.73 Å². The van der Waals surface area contributed by atoms with E-state index in [1.165, 1.54) is 24.3 Å². The molecule has 4 N–H and O–H groups in total. The second kappa shape index (κ2) is 3.36. The molecule has 0 fully saturated rings. The predicted molar refractivity (Wildman–Crippen MR) is 59.8 cm³/mol. The molecular weight excluding hydrogens is 230 g/mol. The van der Waals surface area contributed by atoms with Gasteiger partial charge in [-0.3, -0.25) is 4.55 Å². The lowest BCUT2D eigenvalue weighted by molar-refractivity contribution is 0.479. The van der Waals surface area contributed by atoms with Gasteiger partial charge in [0.15, 0.2) is 0 Å². The number of rotatable bonds is 1. The monoisotopic (exact) mass is 239 g/mol. The SMILES string of the molecule is Nc1ccc2c(S(=O)(=O)O)ccc(O)c2c1. The van der Waals surface area contributed by atoms with E-state index in [0.29, 0.717) is 5.69 Å². The summed E-state index contributed by atoms with van der Waals surface area (Å²) >= 11 is 0. The van der Waals surface area contributed by atoms with Crippen molar-refractivity contribution in [1.82, 2.24) is 0 Å². The number of anilines is 1. The van der Waals surface area contributed by atoms with E-state index in [2.05, 4.69) is 0 Å². The zero-order chi connectivity index (χ0) is 11.9. The van der Waals surface area contributed by atoms with Crippen LogP contribution in [0, 0.1) is 0 Å². The third kappa shape index (κ3) is 1.68. The van der Waals surface area contributed by atoms with Crippen LogP contribution >= 0.6 is 0 Å². The molecule has 0 aliphatic heterocycles. The fourth-order valence-corrected chi connectivity index (χ4v) is 2.24. The van der Waals surface area contributed by atoms with Crippen molar-refractivity contribution in [2.45, 2.75) is 4.90 Å². The van der Waals surface area contributed by atoms with E-state index in [1.54, 1.807) is 0 Å². The fraction of sp³-hybridized carbons (Fsp3) is 0. The van der Waals surface area contributed by atoms with E-state index in [4.69, 9.17) is 10.3 Å². The Morgan fingerprint density at radius 2 is 1.75 bits per heavy atom. The van der Waals surface area contributed by atoms with Gasteiger partial charge in [0.1, 0.15) is 10.6 Å². The minimum atomic E-state index is -4.31. The summed E-state index contributed by atoms with van der Waals surface area (Å²) in [6, 6.07) is 6.72. The molecule has 84 valence electrons. The summed E-state index contributed by atoms with van der Waals surface area (Å²) in [5.41, 5.74) is 5.93. The first-order chi connectivity index (χ1) is 7.39. The van der Waals surface area contributed by atoms with Gasteiger partial charge in [0.05, 0.1) is 0 Å². The molecule has 0 amide bonds. The molecule has 2 aromatic carbocycles. The largest absolute Gasteiger partial charge is 0.507 e. The number of benzene rings is 2. The number of nitrogen functional groups attached to an aromatic ring is 1. The smallest absolute Gasteiger partial charge is 0.295 e. The molecular formula is C10H9NO4S. The lowest BCUT2D eigenvalue weighted by Gasteiger charge is -2.06. The Hall–Kier alpha value is -1.79. The minimum absolute atomic E-state index is 0.0882. The number of phenols is 1. The molecule has 0 aliphatic rings. The fourth-order valence-electron chi connectivity index (χ4n) is 1.55. The molecule has 2 rings (SSSR count). The van der Waals surface area contributed by atoms with Crippen molar-refractivity contribution in [3.63, 3.8) is 0 Å². The highest BCUT2D eigenvalue weighted by Crippen LogP contribution is 2.31. The number of aromatic hydroxyl groups is 1. The maximum absolute atomic E-state index is 11.1. The van der Waals surface area contributed by atoms with Crippen LogP contribution in [-0.4, -0.2) is 18.1 Å². The van der Waals surface area contributed by atoms with Crippen LogP contribution in [0.2, 0.25) is 0 Å². The Balaban J connectivity index is 2.96. The molecule has 0 aromatic heterocycles. The molecule has 0 saturated carbocycles. The first kappa shape index (κ1) is 10.7. The van der Waals surface area contributed by atoms with Crippen LogP contribution in [0.1, 0.15) is 0 Å². The summed E-state index contributed by atoms with van der Waals surface area (Å²) in [6.45, 7) is 0. The third-order valence-electron chi connectivity index (χ3n) is 2.26. The Morgan fingerprint density at radius 1 is 1.06 bits per heavy atom. The maximum atomic E-state index is 11.1. The Kier molecular flexibility index (Phi) is 2.25. The Morgan fingerprint density at radius 3 is 2.38 bits per heavy atom. The molecule has 6 heteroatoms. The van der Waals surface area contributed by atoms with Crippen LogP contribution in [0.15, 0.2) is 35.2 Å². The van der Waals surface area contributed by atoms with Gasteiger partial charge in [0.25, 0.3) is 10.1 Å². The average Bonchev–Trinajstić information content (AvgIpc) is 2.17. The van der Waals surface area contributed by atoms with Gasteiger partial charge >= 0.3 is 0 Å². The second-order valence-corrected chi connectivity index (χ2v) is 4.75. The van der Waals surface area contributed by atoms with Gasteiger partial charge in [-0.05, 0) is 24.3 Å². The minimum Gasteiger partial charge on any atom is -0.507 e. The molecule has 0 aliphatic carbocycles. The van der Waals surface area contributed by atoms with Crippen LogP contribution < -0.4 is 5.73 Å². The van der Waals surface area contributed by atoms with Gasteiger partial charge in [0, 0.05) is 16.5 Å². The van der Waals surface area contributed by atoms with Gasteiger partial charge in [0.2, 0.25) is 0 Å². The molecule has 0 unspecified atom stereocenters. The zero-order valence-electron chi connectivity index (χ0n) is 8.08. The molecule has 0 radical (unpaired) electrons. The standard InChI is InChI=1S/C10H9NO4S/c11-6-1-2-7-8(5-6)9(12)3-4-10(7)16(13,14)15/h1-5,12H,11H2,(H,13,14,15). The van der Waals surface area contributed by atoms with E-state index in [-0.39, 0.29) is 21.4 Å². The van der Waals surface area contributed by atoms with Gasteiger partial charge in [-0.25, -0.2) is 0 Å². The van der Waals surface area contributed by atoms with Gasteiger partial charge < -0.3 is 10.8 Å². The quantitative estimate of drug-likeness (QED) is 0.515. The molecule has 5 nitrogen and oxygen atoms in total. The van der Waals surface area contributed by atoms with Crippen molar-refractivity contribution in [1.29, 1.82) is 0 Å². The highest BCUT2D eigenvalue weighted by molar-refractivity contribution is 7.86. The Labute approximate surface area is 91.9 Å². The van der Waals surface area contributed by atoms with Crippen LogP contribution in [0.3, 0.4) is 0 Å². The first-order valence-electron chi connectivity index (χ1n) is 4.38. The van der Waals surface area contributed by atoms with E-state index in [0.717, 1.165) is 6.07 Å². The summed E-state index contributed by atoms with van der Waals surface area (Å²) in [5.74, 6) is -0.0882. The van der Waals surface area contributed by atoms with Gasteiger partial charge in [-0.15, -0.1) is 0 Å². The molecule has 0 saturated heterocycles. The normalized spacial score (nSPS) is 11.8. The van der Waals surface area contributed by atoms with E-state index >= 15 is 0 Å². The molecule has 0 spiro atoms.